The van der Waals surface area contributed by atoms with E-state index >= 15 is 0 Å². The normalized spacial score (nSPS) is 13.5. The van der Waals surface area contributed by atoms with E-state index in [1.54, 1.807) is 7.05 Å². The van der Waals surface area contributed by atoms with Crippen LogP contribution in [0.25, 0.3) is 0 Å². The Morgan fingerprint density at radius 1 is 1.00 bits per heavy atom. The van der Waals surface area contributed by atoms with E-state index in [1.807, 2.05) is 56.3 Å². The van der Waals surface area contributed by atoms with Gasteiger partial charge in [0.2, 0.25) is 11.8 Å². The third-order valence-electron chi connectivity index (χ3n) is 5.59. The number of morpholine rings is 1. The number of likely N-dealkylation sites (N-methyl/N-ethyl adjacent to an activating group) is 1. The molecule has 1 saturated heterocycles. The lowest BCUT2D eigenvalue weighted by Gasteiger charge is -2.28. The SMILES string of the molecule is Cc1ccc(C)c(C(=O)CCC(=O)N(C)CC(=O)Nc2ccc(N3CCOCC3)cc2)c1. The van der Waals surface area contributed by atoms with Gasteiger partial charge >= 0.3 is 0 Å². The fourth-order valence-electron chi connectivity index (χ4n) is 3.66. The van der Waals surface area contributed by atoms with Crippen molar-refractivity contribution in [2.24, 2.45) is 0 Å². The molecule has 0 bridgehead atoms. The number of carbonyl (C=O) groups is 3. The lowest BCUT2D eigenvalue weighted by molar-refractivity contribution is -0.133. The van der Waals surface area contributed by atoms with Gasteiger partial charge in [0.25, 0.3) is 0 Å². The minimum atomic E-state index is -0.277. The van der Waals surface area contributed by atoms with Crippen LogP contribution < -0.4 is 10.2 Å². The van der Waals surface area contributed by atoms with Crippen LogP contribution in [-0.2, 0) is 14.3 Å². The molecule has 0 aromatic heterocycles. The fraction of sp³-hybridized carbons (Fsp3) is 0.400. The molecule has 7 nitrogen and oxygen atoms in total. The molecule has 32 heavy (non-hydrogen) atoms. The molecule has 1 aliphatic rings. The lowest BCUT2D eigenvalue weighted by Crippen LogP contribution is -2.36. The number of aryl methyl sites for hydroxylation is 2. The second-order valence-electron chi connectivity index (χ2n) is 8.19. The van der Waals surface area contributed by atoms with Gasteiger partial charge in [0.05, 0.1) is 19.8 Å². The first-order valence-electron chi connectivity index (χ1n) is 10.9. The second-order valence-corrected chi connectivity index (χ2v) is 8.19. The number of ketones is 1. The van der Waals surface area contributed by atoms with Crippen LogP contribution in [0.5, 0.6) is 0 Å². The third kappa shape index (κ3) is 6.40. The zero-order chi connectivity index (χ0) is 23.1. The zero-order valence-electron chi connectivity index (χ0n) is 19.0. The number of amides is 2. The minimum Gasteiger partial charge on any atom is -0.378 e. The summed E-state index contributed by atoms with van der Waals surface area (Å²) in [5.41, 5.74) is 4.33. The summed E-state index contributed by atoms with van der Waals surface area (Å²) in [5, 5.41) is 2.82. The van der Waals surface area contributed by atoms with Crippen LogP contribution in [0.3, 0.4) is 0 Å². The number of ether oxygens (including phenoxy) is 1. The van der Waals surface area contributed by atoms with Crippen molar-refractivity contribution in [1.82, 2.24) is 4.90 Å². The first-order chi connectivity index (χ1) is 15.3. The standard InChI is InChI=1S/C25H31N3O4/c1-18-4-5-19(2)22(16-18)23(29)10-11-25(31)27(3)17-24(30)26-20-6-8-21(9-7-20)28-12-14-32-15-13-28/h4-9,16H,10-15,17H2,1-3H3,(H,26,30). The van der Waals surface area contributed by atoms with Crippen LogP contribution in [-0.4, -0.2) is 62.4 Å². The highest BCUT2D eigenvalue weighted by Crippen LogP contribution is 2.19. The van der Waals surface area contributed by atoms with E-state index in [-0.39, 0.29) is 37.0 Å². The Kier molecular flexibility index (Phi) is 8.00. The van der Waals surface area contributed by atoms with Gasteiger partial charge in [-0.05, 0) is 49.7 Å². The predicted octanol–water partition coefficient (Wildman–Crippen LogP) is 3.20. The van der Waals surface area contributed by atoms with Crippen molar-refractivity contribution in [3.63, 3.8) is 0 Å². The predicted molar refractivity (Wildman–Crippen MR) is 125 cm³/mol. The molecule has 0 unspecified atom stereocenters. The Morgan fingerprint density at radius 2 is 1.69 bits per heavy atom. The monoisotopic (exact) mass is 437 g/mol. The van der Waals surface area contributed by atoms with E-state index in [2.05, 4.69) is 10.2 Å². The number of Topliss-reactive ketones (excluding diaryl/α,β-unsaturated/α-hetero) is 1. The molecule has 0 saturated carbocycles. The Hall–Kier alpha value is -3.19. The summed E-state index contributed by atoms with van der Waals surface area (Å²) in [4.78, 5) is 40.9. The van der Waals surface area contributed by atoms with Crippen molar-refractivity contribution in [2.45, 2.75) is 26.7 Å². The molecule has 7 heteroatoms. The summed E-state index contributed by atoms with van der Waals surface area (Å²) in [6, 6.07) is 13.4. The summed E-state index contributed by atoms with van der Waals surface area (Å²) in [6.45, 7) is 6.89. The minimum absolute atomic E-state index is 0.0576. The van der Waals surface area contributed by atoms with Gasteiger partial charge in [-0.2, -0.15) is 0 Å². The molecule has 2 amide bonds. The molecule has 2 aromatic carbocycles. The number of nitrogens with one attached hydrogen (secondary N) is 1. The average Bonchev–Trinajstić information content (AvgIpc) is 2.79. The summed E-state index contributed by atoms with van der Waals surface area (Å²) in [7, 11) is 1.58. The first kappa shape index (κ1) is 23.5. The molecule has 1 heterocycles. The molecule has 0 atom stereocenters. The van der Waals surface area contributed by atoms with Gasteiger partial charge in [-0.1, -0.05) is 17.7 Å². The molecule has 1 N–H and O–H groups in total. The highest BCUT2D eigenvalue weighted by Gasteiger charge is 2.17. The van der Waals surface area contributed by atoms with Crippen molar-refractivity contribution in [2.75, 3.05) is 50.1 Å². The molecule has 1 aliphatic heterocycles. The van der Waals surface area contributed by atoms with Crippen molar-refractivity contribution in [1.29, 1.82) is 0 Å². The number of rotatable bonds is 8. The maximum Gasteiger partial charge on any atom is 0.243 e. The number of benzene rings is 2. The molecule has 2 aromatic rings. The largest absolute Gasteiger partial charge is 0.378 e. The van der Waals surface area contributed by atoms with E-state index in [0.717, 1.165) is 43.1 Å². The van der Waals surface area contributed by atoms with E-state index < -0.39 is 0 Å². The van der Waals surface area contributed by atoms with E-state index in [9.17, 15) is 14.4 Å². The fourth-order valence-corrected chi connectivity index (χ4v) is 3.66. The van der Waals surface area contributed by atoms with Gasteiger partial charge in [-0.3, -0.25) is 14.4 Å². The van der Waals surface area contributed by atoms with Gasteiger partial charge in [0.1, 0.15) is 0 Å². The molecule has 1 fully saturated rings. The Bertz CT molecular complexity index is 966. The molecule has 0 spiro atoms. The molecular formula is C25H31N3O4. The molecule has 3 rings (SSSR count). The Balaban J connectivity index is 1.45. The smallest absolute Gasteiger partial charge is 0.243 e. The summed E-state index contributed by atoms with van der Waals surface area (Å²) in [5.74, 6) is -0.569. The van der Waals surface area contributed by atoms with Gasteiger partial charge < -0.3 is 19.9 Å². The van der Waals surface area contributed by atoms with Gasteiger partial charge in [-0.15, -0.1) is 0 Å². The third-order valence-corrected chi connectivity index (χ3v) is 5.59. The molecular weight excluding hydrogens is 406 g/mol. The number of anilines is 2. The van der Waals surface area contributed by atoms with Crippen molar-refractivity contribution in [3.8, 4) is 0 Å². The van der Waals surface area contributed by atoms with Crippen LogP contribution in [0.4, 0.5) is 11.4 Å². The van der Waals surface area contributed by atoms with Gasteiger partial charge in [0.15, 0.2) is 5.78 Å². The van der Waals surface area contributed by atoms with Crippen LogP contribution in [0, 0.1) is 13.8 Å². The van der Waals surface area contributed by atoms with E-state index in [4.69, 9.17) is 4.74 Å². The maximum absolute atomic E-state index is 12.5. The van der Waals surface area contributed by atoms with Crippen molar-refractivity contribution >= 4 is 29.0 Å². The number of nitrogens with zero attached hydrogens (tertiary/aromatic N) is 2. The topological polar surface area (TPSA) is 79.0 Å². The maximum atomic E-state index is 12.5. The number of hydrogen-bond acceptors (Lipinski definition) is 5. The van der Waals surface area contributed by atoms with E-state index in [0.29, 0.717) is 11.3 Å². The van der Waals surface area contributed by atoms with Crippen molar-refractivity contribution in [3.05, 3.63) is 59.2 Å². The molecule has 0 aliphatic carbocycles. The first-order valence-corrected chi connectivity index (χ1v) is 10.9. The highest BCUT2D eigenvalue weighted by atomic mass is 16.5. The lowest BCUT2D eigenvalue weighted by atomic mass is 9.99. The van der Waals surface area contributed by atoms with Crippen LogP contribution >= 0.6 is 0 Å². The van der Waals surface area contributed by atoms with Gasteiger partial charge in [-0.25, -0.2) is 0 Å². The second kappa shape index (κ2) is 10.9. The van der Waals surface area contributed by atoms with Crippen LogP contribution in [0.1, 0.15) is 34.3 Å². The molecule has 0 radical (unpaired) electrons. The van der Waals surface area contributed by atoms with Crippen molar-refractivity contribution < 1.29 is 19.1 Å². The average molecular weight is 438 g/mol. The number of hydrogen-bond donors (Lipinski definition) is 1. The van der Waals surface area contributed by atoms with Crippen LogP contribution in [0.2, 0.25) is 0 Å². The van der Waals surface area contributed by atoms with Gasteiger partial charge in [0, 0.05) is 49.9 Å². The number of carbonyl (C=O) groups excluding carboxylic acids is 3. The molecule has 170 valence electrons. The van der Waals surface area contributed by atoms with Crippen LogP contribution in [0.15, 0.2) is 42.5 Å². The summed E-state index contributed by atoms with van der Waals surface area (Å²) >= 11 is 0. The summed E-state index contributed by atoms with van der Waals surface area (Å²) < 4.78 is 5.37. The zero-order valence-corrected chi connectivity index (χ0v) is 19.0. The summed E-state index contributed by atoms with van der Waals surface area (Å²) in [6.07, 6.45) is 0.197. The Labute approximate surface area is 189 Å². The highest BCUT2D eigenvalue weighted by molar-refractivity contribution is 6.00. The quantitative estimate of drug-likeness (QED) is 0.642. The Morgan fingerprint density at radius 3 is 2.38 bits per heavy atom. The van der Waals surface area contributed by atoms with E-state index in [1.165, 1.54) is 4.90 Å².